The summed E-state index contributed by atoms with van der Waals surface area (Å²) in [5, 5.41) is 2.93. The summed E-state index contributed by atoms with van der Waals surface area (Å²) in [7, 11) is 4.14. The van der Waals surface area contributed by atoms with Gasteiger partial charge < -0.3 is 19.5 Å². The molecule has 0 saturated carbocycles. The molecule has 0 heterocycles. The van der Waals surface area contributed by atoms with E-state index in [4.69, 9.17) is 25.8 Å². The number of carbonyl (C=O) groups is 2. The highest BCUT2D eigenvalue weighted by molar-refractivity contribution is 9.10. The average Bonchev–Trinajstić information content (AvgIpc) is 2.62. The number of hydrogen-bond acceptors (Lipinski definition) is 5. The summed E-state index contributed by atoms with van der Waals surface area (Å²) in [6.07, 6.45) is 0. The smallest absolute Gasteiger partial charge is 0.340 e. The molecular weight excluding hydrogens is 414 g/mol. The molecule has 0 radical (unpaired) electrons. The van der Waals surface area contributed by atoms with Crippen LogP contribution in [0.15, 0.2) is 34.8 Å². The van der Waals surface area contributed by atoms with Gasteiger partial charge in [-0.05, 0) is 18.2 Å². The van der Waals surface area contributed by atoms with Crippen LogP contribution in [0.2, 0.25) is 5.02 Å². The third-order valence-corrected chi connectivity index (χ3v) is 4.17. The number of carbonyl (C=O) groups excluding carboxylic acids is 2. The van der Waals surface area contributed by atoms with Crippen LogP contribution < -0.4 is 14.8 Å². The zero-order valence-corrected chi connectivity index (χ0v) is 16.0. The maximum atomic E-state index is 12.6. The second kappa shape index (κ2) is 8.22. The molecular formula is C17H15BrClNO5. The minimum atomic E-state index is -0.628. The second-order valence-electron chi connectivity index (χ2n) is 4.82. The van der Waals surface area contributed by atoms with Crippen molar-refractivity contribution < 1.29 is 23.8 Å². The Bertz CT molecular complexity index is 825. The van der Waals surface area contributed by atoms with E-state index in [1.807, 2.05) is 0 Å². The molecule has 0 aliphatic rings. The van der Waals surface area contributed by atoms with E-state index in [0.717, 1.165) is 0 Å². The van der Waals surface area contributed by atoms with Crippen LogP contribution in [0, 0.1) is 0 Å². The molecule has 2 aromatic carbocycles. The minimum absolute atomic E-state index is 0.125. The Kier molecular flexibility index (Phi) is 6.27. The standard InChI is InChI=1S/C17H15BrClNO5/c1-23-14-7-11(17(22)25-3)13(8-15(14)24-2)20-16(21)10-6-9(18)4-5-12(10)19/h4-8H,1-3H3,(H,20,21). The summed E-state index contributed by atoms with van der Waals surface area (Å²) in [5.74, 6) is -0.424. The highest BCUT2D eigenvalue weighted by Gasteiger charge is 2.20. The maximum Gasteiger partial charge on any atom is 0.340 e. The number of halogens is 2. The van der Waals surface area contributed by atoms with Gasteiger partial charge in [0, 0.05) is 16.6 Å². The second-order valence-corrected chi connectivity index (χ2v) is 6.15. The first-order chi connectivity index (χ1) is 11.9. The van der Waals surface area contributed by atoms with Gasteiger partial charge in [-0.1, -0.05) is 27.5 Å². The molecule has 1 amide bonds. The zero-order chi connectivity index (χ0) is 18.6. The molecule has 2 aromatic rings. The lowest BCUT2D eigenvalue weighted by atomic mass is 10.1. The summed E-state index contributed by atoms with van der Waals surface area (Å²) in [5.41, 5.74) is 0.590. The van der Waals surface area contributed by atoms with Crippen molar-refractivity contribution in [2.24, 2.45) is 0 Å². The van der Waals surface area contributed by atoms with Crippen molar-refractivity contribution in [2.75, 3.05) is 26.6 Å². The van der Waals surface area contributed by atoms with E-state index >= 15 is 0 Å². The van der Waals surface area contributed by atoms with E-state index in [2.05, 4.69) is 21.2 Å². The Hall–Kier alpha value is -2.25. The number of hydrogen-bond donors (Lipinski definition) is 1. The number of amides is 1. The lowest BCUT2D eigenvalue weighted by Gasteiger charge is -2.15. The molecule has 2 rings (SSSR count). The highest BCUT2D eigenvalue weighted by atomic mass is 79.9. The third-order valence-electron chi connectivity index (χ3n) is 3.35. The van der Waals surface area contributed by atoms with Gasteiger partial charge in [0.15, 0.2) is 11.5 Å². The fourth-order valence-corrected chi connectivity index (χ4v) is 2.69. The number of rotatable bonds is 5. The van der Waals surface area contributed by atoms with Gasteiger partial charge in [0.2, 0.25) is 0 Å². The van der Waals surface area contributed by atoms with Crippen LogP contribution >= 0.6 is 27.5 Å². The van der Waals surface area contributed by atoms with E-state index < -0.39 is 11.9 Å². The molecule has 0 aliphatic carbocycles. The first-order valence-corrected chi connectivity index (χ1v) is 8.19. The van der Waals surface area contributed by atoms with Crippen LogP contribution in [-0.2, 0) is 4.74 Å². The van der Waals surface area contributed by atoms with E-state index in [0.29, 0.717) is 16.0 Å². The molecule has 0 aliphatic heterocycles. The van der Waals surface area contributed by atoms with Gasteiger partial charge in [-0.3, -0.25) is 4.79 Å². The first kappa shape index (κ1) is 19.1. The first-order valence-electron chi connectivity index (χ1n) is 7.02. The van der Waals surface area contributed by atoms with Crippen molar-refractivity contribution in [3.8, 4) is 11.5 Å². The summed E-state index contributed by atoms with van der Waals surface area (Å²) in [4.78, 5) is 24.6. The Morgan fingerprint density at radius 1 is 1.00 bits per heavy atom. The number of ether oxygens (including phenoxy) is 3. The summed E-state index contributed by atoms with van der Waals surface area (Å²) >= 11 is 9.37. The van der Waals surface area contributed by atoms with E-state index in [-0.39, 0.29) is 21.8 Å². The SMILES string of the molecule is COC(=O)c1cc(OC)c(OC)cc1NC(=O)c1cc(Br)ccc1Cl. The fourth-order valence-electron chi connectivity index (χ4n) is 2.12. The Balaban J connectivity index is 2.48. The van der Waals surface area contributed by atoms with E-state index in [1.165, 1.54) is 33.5 Å². The number of methoxy groups -OCH3 is 3. The molecule has 0 spiro atoms. The van der Waals surface area contributed by atoms with Gasteiger partial charge in [-0.15, -0.1) is 0 Å². The molecule has 0 saturated heterocycles. The maximum absolute atomic E-state index is 12.6. The number of nitrogens with one attached hydrogen (secondary N) is 1. The van der Waals surface area contributed by atoms with Crippen LogP contribution in [0.5, 0.6) is 11.5 Å². The number of esters is 1. The highest BCUT2D eigenvalue weighted by Crippen LogP contribution is 2.34. The van der Waals surface area contributed by atoms with Gasteiger partial charge in [0.1, 0.15) is 0 Å². The summed E-state index contributed by atoms with van der Waals surface area (Å²) in [6, 6.07) is 7.81. The minimum Gasteiger partial charge on any atom is -0.493 e. The number of anilines is 1. The molecule has 0 atom stereocenters. The van der Waals surface area contributed by atoms with Crippen LogP contribution in [0.3, 0.4) is 0 Å². The molecule has 25 heavy (non-hydrogen) atoms. The predicted octanol–water partition coefficient (Wildman–Crippen LogP) is 4.16. The normalized spacial score (nSPS) is 10.1. The molecule has 0 bridgehead atoms. The Morgan fingerprint density at radius 2 is 1.64 bits per heavy atom. The van der Waals surface area contributed by atoms with Gasteiger partial charge >= 0.3 is 5.97 Å². The van der Waals surface area contributed by atoms with Crippen molar-refractivity contribution in [3.05, 3.63) is 51.0 Å². The Labute approximate surface area is 158 Å². The quantitative estimate of drug-likeness (QED) is 0.724. The van der Waals surface area contributed by atoms with E-state index in [1.54, 1.807) is 18.2 Å². The lowest BCUT2D eigenvalue weighted by molar-refractivity contribution is 0.0601. The zero-order valence-electron chi connectivity index (χ0n) is 13.7. The van der Waals surface area contributed by atoms with Gasteiger partial charge in [0.25, 0.3) is 5.91 Å². The van der Waals surface area contributed by atoms with Crippen molar-refractivity contribution in [2.45, 2.75) is 0 Å². The van der Waals surface area contributed by atoms with Crippen LogP contribution in [0.25, 0.3) is 0 Å². The molecule has 132 valence electrons. The van der Waals surface area contributed by atoms with Crippen molar-refractivity contribution in [1.29, 1.82) is 0 Å². The van der Waals surface area contributed by atoms with Crippen LogP contribution in [0.1, 0.15) is 20.7 Å². The number of benzene rings is 2. The van der Waals surface area contributed by atoms with Gasteiger partial charge in [-0.2, -0.15) is 0 Å². The topological polar surface area (TPSA) is 73.9 Å². The molecule has 0 fully saturated rings. The van der Waals surface area contributed by atoms with Crippen molar-refractivity contribution in [3.63, 3.8) is 0 Å². The van der Waals surface area contributed by atoms with Crippen LogP contribution in [0.4, 0.5) is 5.69 Å². The van der Waals surface area contributed by atoms with E-state index in [9.17, 15) is 9.59 Å². The van der Waals surface area contributed by atoms with Gasteiger partial charge in [0.05, 0.1) is 43.2 Å². The fraction of sp³-hybridized carbons (Fsp3) is 0.176. The molecule has 8 heteroatoms. The monoisotopic (exact) mass is 427 g/mol. The summed E-state index contributed by atoms with van der Waals surface area (Å²) in [6.45, 7) is 0. The molecule has 6 nitrogen and oxygen atoms in total. The third kappa shape index (κ3) is 4.24. The average molecular weight is 429 g/mol. The predicted molar refractivity (Wildman–Crippen MR) is 98.0 cm³/mol. The molecule has 0 aromatic heterocycles. The van der Waals surface area contributed by atoms with Gasteiger partial charge in [-0.25, -0.2) is 4.79 Å². The largest absolute Gasteiger partial charge is 0.493 e. The molecule has 0 unspecified atom stereocenters. The summed E-state index contributed by atoms with van der Waals surface area (Å²) < 4.78 is 15.8. The van der Waals surface area contributed by atoms with Crippen molar-refractivity contribution >= 4 is 45.1 Å². The van der Waals surface area contributed by atoms with Crippen molar-refractivity contribution in [1.82, 2.24) is 0 Å². The molecule has 1 N–H and O–H groups in total. The Morgan fingerprint density at radius 3 is 2.24 bits per heavy atom. The van der Waals surface area contributed by atoms with Crippen LogP contribution in [-0.4, -0.2) is 33.2 Å². The lowest BCUT2D eigenvalue weighted by Crippen LogP contribution is -2.16.